The van der Waals surface area contributed by atoms with Crippen LogP contribution in [0, 0.1) is 0 Å². The molecule has 0 radical (unpaired) electrons. The lowest BCUT2D eigenvalue weighted by atomic mass is 10.1. The molecule has 1 fully saturated rings. The van der Waals surface area contributed by atoms with Crippen molar-refractivity contribution < 1.29 is 4.74 Å². The van der Waals surface area contributed by atoms with Crippen LogP contribution < -0.4 is 15.2 Å². The molecule has 1 aromatic carbocycles. The quantitative estimate of drug-likeness (QED) is 0.679. The number of anilines is 1. The van der Waals surface area contributed by atoms with Gasteiger partial charge in [0.1, 0.15) is 11.6 Å². The molecule has 4 rings (SSSR count). The molecule has 0 N–H and O–H groups in total. The maximum absolute atomic E-state index is 12.3. The molecule has 0 amide bonds. The van der Waals surface area contributed by atoms with Gasteiger partial charge in [-0.25, -0.2) is 9.67 Å². The Morgan fingerprint density at radius 3 is 2.43 bits per heavy atom. The van der Waals surface area contributed by atoms with E-state index in [4.69, 9.17) is 4.74 Å². The maximum Gasteiger partial charge on any atom is 0.268 e. The van der Waals surface area contributed by atoms with Gasteiger partial charge in [-0.05, 0) is 42.5 Å². The normalized spacial score (nSPS) is 14.8. The van der Waals surface area contributed by atoms with Gasteiger partial charge >= 0.3 is 0 Å². The summed E-state index contributed by atoms with van der Waals surface area (Å²) in [5.41, 5.74) is 1.63. The van der Waals surface area contributed by atoms with Crippen molar-refractivity contribution in [1.29, 1.82) is 0 Å². The minimum atomic E-state index is -0.0931. The fraction of sp³-hybridized carbons (Fsp3) is 0.286. The number of methoxy groups -OCH3 is 1. The maximum atomic E-state index is 12.3. The number of pyridine rings is 1. The van der Waals surface area contributed by atoms with Gasteiger partial charge < -0.3 is 9.64 Å². The predicted molar refractivity (Wildman–Crippen MR) is 109 cm³/mol. The second-order valence-corrected chi connectivity index (χ2v) is 6.72. The molecule has 0 aliphatic carbocycles. The molecule has 0 saturated carbocycles. The van der Waals surface area contributed by atoms with Gasteiger partial charge in [-0.3, -0.25) is 9.69 Å². The predicted octanol–water partition coefficient (Wildman–Crippen LogP) is 2.09. The Morgan fingerprint density at radius 1 is 0.964 bits per heavy atom. The SMILES string of the molecule is COc1ccc(-c2ccc(=O)n(CN3CCN(c4ccccn4)CC3)n2)cc1. The van der Waals surface area contributed by atoms with Gasteiger partial charge in [0.15, 0.2) is 0 Å². The highest BCUT2D eigenvalue weighted by Gasteiger charge is 2.18. The van der Waals surface area contributed by atoms with Crippen molar-refractivity contribution in [2.45, 2.75) is 6.67 Å². The highest BCUT2D eigenvalue weighted by Crippen LogP contribution is 2.19. The number of nitrogens with zero attached hydrogens (tertiary/aromatic N) is 5. The monoisotopic (exact) mass is 377 g/mol. The van der Waals surface area contributed by atoms with Crippen molar-refractivity contribution in [2.24, 2.45) is 0 Å². The van der Waals surface area contributed by atoms with E-state index in [2.05, 4.69) is 19.9 Å². The van der Waals surface area contributed by atoms with Crippen molar-refractivity contribution >= 4 is 5.82 Å². The molecule has 0 bridgehead atoms. The van der Waals surface area contributed by atoms with E-state index in [1.54, 1.807) is 19.2 Å². The van der Waals surface area contributed by atoms with Crippen molar-refractivity contribution in [3.63, 3.8) is 0 Å². The summed E-state index contributed by atoms with van der Waals surface area (Å²) in [7, 11) is 1.64. The Kier molecular flexibility index (Phi) is 5.34. The van der Waals surface area contributed by atoms with Gasteiger partial charge in [0.2, 0.25) is 0 Å². The lowest BCUT2D eigenvalue weighted by Gasteiger charge is -2.35. The first-order valence-electron chi connectivity index (χ1n) is 9.34. The molecule has 1 saturated heterocycles. The molecular weight excluding hydrogens is 354 g/mol. The zero-order valence-corrected chi connectivity index (χ0v) is 15.9. The molecule has 3 heterocycles. The molecule has 3 aromatic rings. The van der Waals surface area contributed by atoms with E-state index in [1.165, 1.54) is 4.68 Å². The third kappa shape index (κ3) is 4.04. The average molecular weight is 377 g/mol. The Bertz CT molecular complexity index is 964. The van der Waals surface area contributed by atoms with E-state index >= 15 is 0 Å². The first-order chi connectivity index (χ1) is 13.7. The van der Waals surface area contributed by atoms with Gasteiger partial charge in [-0.2, -0.15) is 5.10 Å². The van der Waals surface area contributed by atoms with Gasteiger partial charge in [0.25, 0.3) is 5.56 Å². The van der Waals surface area contributed by atoms with Crippen LogP contribution in [-0.2, 0) is 6.67 Å². The molecule has 1 aliphatic heterocycles. The Hall–Kier alpha value is -3.19. The third-order valence-corrected chi connectivity index (χ3v) is 4.93. The molecule has 144 valence electrons. The van der Waals surface area contributed by atoms with E-state index < -0.39 is 0 Å². The number of hydrogen-bond acceptors (Lipinski definition) is 6. The Balaban J connectivity index is 1.44. The fourth-order valence-corrected chi connectivity index (χ4v) is 3.31. The van der Waals surface area contributed by atoms with E-state index in [1.807, 2.05) is 48.7 Å². The highest BCUT2D eigenvalue weighted by molar-refractivity contribution is 5.59. The van der Waals surface area contributed by atoms with E-state index in [9.17, 15) is 4.79 Å². The molecule has 2 aromatic heterocycles. The standard InChI is InChI=1S/C21H23N5O2/c1-28-18-7-5-17(6-8-18)19-9-10-21(27)26(23-19)16-24-12-14-25(15-13-24)20-4-2-3-11-22-20/h2-11H,12-16H2,1H3. The van der Waals surface area contributed by atoms with Gasteiger partial charge in [-0.1, -0.05) is 6.07 Å². The number of hydrogen-bond donors (Lipinski definition) is 0. The summed E-state index contributed by atoms with van der Waals surface area (Å²) < 4.78 is 6.74. The summed E-state index contributed by atoms with van der Waals surface area (Å²) in [6.07, 6.45) is 1.82. The van der Waals surface area contributed by atoms with Crippen LogP contribution in [0.4, 0.5) is 5.82 Å². The van der Waals surface area contributed by atoms with E-state index in [0.717, 1.165) is 49.0 Å². The van der Waals surface area contributed by atoms with Crippen LogP contribution in [0.15, 0.2) is 65.6 Å². The average Bonchev–Trinajstić information content (AvgIpc) is 2.76. The number of aromatic nitrogens is 3. The first kappa shape index (κ1) is 18.2. The van der Waals surface area contributed by atoms with Gasteiger partial charge in [0.05, 0.1) is 19.5 Å². The summed E-state index contributed by atoms with van der Waals surface area (Å²) in [5.74, 6) is 1.79. The fourth-order valence-electron chi connectivity index (χ4n) is 3.31. The third-order valence-electron chi connectivity index (χ3n) is 4.93. The number of ether oxygens (including phenoxy) is 1. The molecule has 0 unspecified atom stereocenters. The topological polar surface area (TPSA) is 63.5 Å². The van der Waals surface area contributed by atoms with Crippen molar-refractivity contribution in [3.05, 3.63) is 71.1 Å². The molecule has 0 spiro atoms. The lowest BCUT2D eigenvalue weighted by Crippen LogP contribution is -2.48. The van der Waals surface area contributed by atoms with Crippen LogP contribution in [0.1, 0.15) is 0 Å². The second-order valence-electron chi connectivity index (χ2n) is 6.72. The number of benzene rings is 1. The van der Waals surface area contributed by atoms with Gasteiger partial charge in [0, 0.05) is 44.0 Å². The highest BCUT2D eigenvalue weighted by atomic mass is 16.5. The molecule has 7 heteroatoms. The second kappa shape index (κ2) is 8.22. The summed E-state index contributed by atoms with van der Waals surface area (Å²) in [6, 6.07) is 17.0. The van der Waals surface area contributed by atoms with Crippen LogP contribution in [0.25, 0.3) is 11.3 Å². The Morgan fingerprint density at radius 2 is 1.75 bits per heavy atom. The van der Waals surface area contributed by atoms with Crippen LogP contribution in [0.5, 0.6) is 5.75 Å². The minimum Gasteiger partial charge on any atom is -0.497 e. The minimum absolute atomic E-state index is 0.0931. The largest absolute Gasteiger partial charge is 0.497 e. The number of piperazine rings is 1. The summed E-state index contributed by atoms with van der Waals surface area (Å²) in [5, 5.41) is 4.57. The number of rotatable bonds is 5. The summed E-state index contributed by atoms with van der Waals surface area (Å²) in [6.45, 7) is 3.96. The summed E-state index contributed by atoms with van der Waals surface area (Å²) in [4.78, 5) is 21.2. The Labute approximate surface area is 163 Å². The van der Waals surface area contributed by atoms with Crippen LogP contribution >= 0.6 is 0 Å². The zero-order chi connectivity index (χ0) is 19.3. The molecule has 28 heavy (non-hydrogen) atoms. The molecular formula is C21H23N5O2. The van der Waals surface area contributed by atoms with Gasteiger partial charge in [-0.15, -0.1) is 0 Å². The van der Waals surface area contributed by atoms with Crippen LogP contribution in [0.3, 0.4) is 0 Å². The smallest absolute Gasteiger partial charge is 0.268 e. The van der Waals surface area contributed by atoms with Crippen molar-refractivity contribution in [2.75, 3.05) is 38.2 Å². The molecule has 0 atom stereocenters. The molecule has 7 nitrogen and oxygen atoms in total. The van der Waals surface area contributed by atoms with Crippen LogP contribution in [0.2, 0.25) is 0 Å². The zero-order valence-electron chi connectivity index (χ0n) is 15.9. The van der Waals surface area contributed by atoms with Crippen molar-refractivity contribution in [1.82, 2.24) is 19.7 Å². The molecule has 1 aliphatic rings. The van der Waals surface area contributed by atoms with Crippen LogP contribution in [-0.4, -0.2) is 53.0 Å². The van der Waals surface area contributed by atoms with E-state index in [0.29, 0.717) is 6.67 Å². The summed E-state index contributed by atoms with van der Waals surface area (Å²) >= 11 is 0. The van der Waals surface area contributed by atoms with E-state index in [-0.39, 0.29) is 5.56 Å². The van der Waals surface area contributed by atoms with Crippen molar-refractivity contribution in [3.8, 4) is 17.0 Å². The lowest BCUT2D eigenvalue weighted by molar-refractivity contribution is 0.191. The first-order valence-corrected chi connectivity index (χ1v) is 9.34.